The van der Waals surface area contributed by atoms with Crippen molar-refractivity contribution in [2.24, 2.45) is 0 Å². The average Bonchev–Trinajstić information content (AvgIpc) is 3.09. The number of fused-ring (bicyclic) bond motifs is 3. The predicted octanol–water partition coefficient (Wildman–Crippen LogP) is 3.48. The molecule has 2 aliphatic heterocycles. The highest BCUT2D eigenvalue weighted by Crippen LogP contribution is 2.37. The maximum Gasteiger partial charge on any atom is 0.255 e. The molecule has 25 heavy (non-hydrogen) atoms. The molecule has 0 radical (unpaired) electrons. The van der Waals surface area contributed by atoms with Crippen LogP contribution in [0.5, 0.6) is 0 Å². The second kappa shape index (κ2) is 5.92. The second-order valence-electron chi connectivity index (χ2n) is 6.77. The lowest BCUT2D eigenvalue weighted by atomic mass is 10.1. The van der Waals surface area contributed by atoms with Gasteiger partial charge in [0.25, 0.3) is 5.91 Å². The third-order valence-electron chi connectivity index (χ3n) is 5.23. The van der Waals surface area contributed by atoms with E-state index in [1.165, 1.54) is 0 Å². The van der Waals surface area contributed by atoms with Gasteiger partial charge in [0.15, 0.2) is 0 Å². The van der Waals surface area contributed by atoms with Gasteiger partial charge in [-0.25, -0.2) is 0 Å². The lowest BCUT2D eigenvalue weighted by Gasteiger charge is -2.33. The Bertz CT molecular complexity index is 875. The van der Waals surface area contributed by atoms with E-state index in [0.717, 1.165) is 47.6 Å². The number of anilines is 3. The highest BCUT2D eigenvalue weighted by Gasteiger charge is 2.36. The van der Waals surface area contributed by atoms with Crippen LogP contribution in [0.4, 0.5) is 17.1 Å². The highest BCUT2D eigenvalue weighted by atomic mass is 16.2. The molecule has 0 unspecified atom stereocenters. The Hall–Kier alpha value is -2.82. The standard InChI is InChI=1S/C20H21N3O2/c1-12-5-3-6-15(13(12)2)21-19(24)14-8-9-17-16(11-14)22-20(25)18-7-4-10-23(17)18/h3,5-6,8-9,11,18H,4,7,10H2,1-2H3,(H,21,24)(H,22,25)/t18-/m1/s1. The summed E-state index contributed by atoms with van der Waals surface area (Å²) in [5.74, 6) is -0.147. The Morgan fingerprint density at radius 1 is 1.24 bits per heavy atom. The summed E-state index contributed by atoms with van der Waals surface area (Å²) in [5, 5.41) is 5.92. The van der Waals surface area contributed by atoms with E-state index >= 15 is 0 Å². The quantitative estimate of drug-likeness (QED) is 0.883. The Labute approximate surface area is 147 Å². The van der Waals surface area contributed by atoms with Gasteiger partial charge >= 0.3 is 0 Å². The summed E-state index contributed by atoms with van der Waals surface area (Å²) in [5.41, 5.74) is 5.27. The Morgan fingerprint density at radius 2 is 2.08 bits per heavy atom. The van der Waals surface area contributed by atoms with Crippen molar-refractivity contribution in [3.8, 4) is 0 Å². The average molecular weight is 335 g/mol. The first kappa shape index (κ1) is 15.7. The normalized spacial score (nSPS) is 18.4. The van der Waals surface area contributed by atoms with E-state index in [1.54, 1.807) is 6.07 Å². The zero-order valence-corrected chi connectivity index (χ0v) is 14.4. The molecule has 128 valence electrons. The number of nitrogens with one attached hydrogen (secondary N) is 2. The molecule has 0 bridgehead atoms. The van der Waals surface area contributed by atoms with Crippen molar-refractivity contribution in [3.63, 3.8) is 0 Å². The fourth-order valence-electron chi connectivity index (χ4n) is 3.65. The third kappa shape index (κ3) is 2.65. The van der Waals surface area contributed by atoms with E-state index in [-0.39, 0.29) is 17.9 Å². The molecule has 0 aromatic heterocycles. The zero-order chi connectivity index (χ0) is 17.6. The predicted molar refractivity (Wildman–Crippen MR) is 99.3 cm³/mol. The van der Waals surface area contributed by atoms with Gasteiger partial charge in [-0.3, -0.25) is 9.59 Å². The van der Waals surface area contributed by atoms with Crippen molar-refractivity contribution in [2.45, 2.75) is 32.7 Å². The lowest BCUT2D eigenvalue weighted by molar-refractivity contribution is -0.117. The van der Waals surface area contributed by atoms with E-state index in [1.807, 2.05) is 44.2 Å². The molecule has 5 nitrogen and oxygen atoms in total. The van der Waals surface area contributed by atoms with E-state index in [9.17, 15) is 9.59 Å². The largest absolute Gasteiger partial charge is 0.358 e. The summed E-state index contributed by atoms with van der Waals surface area (Å²) in [7, 11) is 0. The molecule has 2 aromatic carbocycles. The van der Waals surface area contributed by atoms with E-state index in [4.69, 9.17) is 0 Å². The van der Waals surface area contributed by atoms with Crippen LogP contribution in [0.2, 0.25) is 0 Å². The number of rotatable bonds is 2. The number of hydrogen-bond acceptors (Lipinski definition) is 3. The van der Waals surface area contributed by atoms with Gasteiger partial charge in [-0.15, -0.1) is 0 Å². The molecule has 2 amide bonds. The second-order valence-corrected chi connectivity index (χ2v) is 6.77. The SMILES string of the molecule is Cc1cccc(NC(=O)c2ccc3c(c2)NC(=O)[C@H]2CCCN32)c1C. The zero-order valence-electron chi connectivity index (χ0n) is 14.4. The van der Waals surface area contributed by atoms with E-state index in [0.29, 0.717) is 5.56 Å². The molecule has 2 aromatic rings. The summed E-state index contributed by atoms with van der Waals surface area (Å²) < 4.78 is 0. The van der Waals surface area contributed by atoms with Crippen LogP contribution in [0, 0.1) is 13.8 Å². The van der Waals surface area contributed by atoms with Crippen molar-refractivity contribution in [3.05, 3.63) is 53.1 Å². The first-order valence-corrected chi connectivity index (χ1v) is 8.64. The number of carbonyl (C=O) groups excluding carboxylic acids is 2. The third-order valence-corrected chi connectivity index (χ3v) is 5.23. The van der Waals surface area contributed by atoms with Crippen LogP contribution in [-0.4, -0.2) is 24.4 Å². The van der Waals surface area contributed by atoms with Gasteiger partial charge in [0, 0.05) is 17.8 Å². The number of aryl methyl sites for hydroxylation is 1. The molecule has 2 heterocycles. The number of carbonyl (C=O) groups is 2. The molecular weight excluding hydrogens is 314 g/mol. The number of hydrogen-bond donors (Lipinski definition) is 2. The molecule has 0 spiro atoms. The van der Waals surface area contributed by atoms with Crippen LogP contribution in [-0.2, 0) is 4.79 Å². The molecule has 0 aliphatic carbocycles. The topological polar surface area (TPSA) is 61.4 Å². The van der Waals surface area contributed by atoms with Gasteiger partial charge in [-0.1, -0.05) is 12.1 Å². The highest BCUT2D eigenvalue weighted by molar-refractivity contribution is 6.09. The van der Waals surface area contributed by atoms with Gasteiger partial charge in [0.05, 0.1) is 11.4 Å². The summed E-state index contributed by atoms with van der Waals surface area (Å²) in [4.78, 5) is 27.0. The van der Waals surface area contributed by atoms with Gasteiger partial charge in [-0.05, 0) is 62.1 Å². The Morgan fingerprint density at radius 3 is 2.92 bits per heavy atom. The fourth-order valence-corrected chi connectivity index (χ4v) is 3.65. The molecule has 2 aliphatic rings. The monoisotopic (exact) mass is 335 g/mol. The van der Waals surface area contributed by atoms with E-state index in [2.05, 4.69) is 15.5 Å². The van der Waals surface area contributed by atoms with E-state index < -0.39 is 0 Å². The molecule has 5 heteroatoms. The van der Waals surface area contributed by atoms with Crippen molar-refractivity contribution >= 4 is 28.9 Å². The number of benzene rings is 2. The summed E-state index contributed by atoms with van der Waals surface area (Å²) >= 11 is 0. The minimum atomic E-state index is -0.172. The summed E-state index contributed by atoms with van der Waals surface area (Å²) in [6.07, 6.45) is 1.91. The van der Waals surface area contributed by atoms with Crippen molar-refractivity contribution in [1.29, 1.82) is 0 Å². The van der Waals surface area contributed by atoms with Gasteiger partial charge in [0.1, 0.15) is 6.04 Å². The van der Waals surface area contributed by atoms with Crippen LogP contribution >= 0.6 is 0 Å². The maximum atomic E-state index is 12.6. The van der Waals surface area contributed by atoms with Gasteiger partial charge in [0.2, 0.25) is 5.91 Å². The molecule has 0 saturated carbocycles. The molecule has 1 atom stereocenters. The number of amides is 2. The molecular formula is C20H21N3O2. The fraction of sp³-hybridized carbons (Fsp3) is 0.300. The molecule has 1 fully saturated rings. The van der Waals surface area contributed by atoms with Crippen LogP contribution < -0.4 is 15.5 Å². The molecule has 2 N–H and O–H groups in total. The first-order valence-electron chi connectivity index (χ1n) is 8.64. The van der Waals surface area contributed by atoms with Gasteiger partial charge < -0.3 is 15.5 Å². The van der Waals surface area contributed by atoms with Crippen LogP contribution in [0.25, 0.3) is 0 Å². The summed E-state index contributed by atoms with van der Waals surface area (Å²) in [6, 6.07) is 11.3. The van der Waals surface area contributed by atoms with Crippen molar-refractivity contribution < 1.29 is 9.59 Å². The summed E-state index contributed by atoms with van der Waals surface area (Å²) in [6.45, 7) is 4.90. The van der Waals surface area contributed by atoms with Crippen LogP contribution in [0.15, 0.2) is 36.4 Å². The van der Waals surface area contributed by atoms with Crippen molar-refractivity contribution in [1.82, 2.24) is 0 Å². The minimum absolute atomic E-state index is 0.0251. The minimum Gasteiger partial charge on any atom is -0.358 e. The smallest absolute Gasteiger partial charge is 0.255 e. The lowest BCUT2D eigenvalue weighted by Crippen LogP contribution is -2.43. The Balaban J connectivity index is 1.62. The van der Waals surface area contributed by atoms with Gasteiger partial charge in [-0.2, -0.15) is 0 Å². The van der Waals surface area contributed by atoms with Crippen LogP contribution in [0.3, 0.4) is 0 Å². The molecule has 4 rings (SSSR count). The maximum absolute atomic E-state index is 12.6. The molecule has 1 saturated heterocycles. The van der Waals surface area contributed by atoms with Crippen molar-refractivity contribution in [2.75, 3.05) is 22.1 Å². The van der Waals surface area contributed by atoms with Crippen LogP contribution in [0.1, 0.15) is 34.3 Å². The Kier molecular flexibility index (Phi) is 3.71. The first-order chi connectivity index (χ1) is 12.0. The number of nitrogens with zero attached hydrogens (tertiary/aromatic N) is 1.